The summed E-state index contributed by atoms with van der Waals surface area (Å²) in [5.41, 5.74) is -0.146. The zero-order chi connectivity index (χ0) is 14.2. The fourth-order valence-electron chi connectivity index (χ4n) is 1.65. The monoisotopic (exact) mass is 328 g/mol. The minimum absolute atomic E-state index is 0.00934. The lowest BCUT2D eigenvalue weighted by molar-refractivity contribution is 0.103. The molecule has 0 aliphatic rings. The summed E-state index contributed by atoms with van der Waals surface area (Å²) in [7, 11) is 0. The van der Waals surface area contributed by atoms with Crippen molar-refractivity contribution in [3.63, 3.8) is 0 Å². The van der Waals surface area contributed by atoms with Gasteiger partial charge in [-0.05, 0) is 36.8 Å². The molecule has 2 aromatic rings. The van der Waals surface area contributed by atoms with Gasteiger partial charge < -0.3 is 0 Å². The summed E-state index contributed by atoms with van der Waals surface area (Å²) in [6.45, 7) is 1.42. The molecule has 0 bridgehead atoms. The average molecular weight is 329 g/mol. The van der Waals surface area contributed by atoms with Crippen LogP contribution in [0.5, 0.6) is 0 Å². The van der Waals surface area contributed by atoms with Crippen LogP contribution in [-0.2, 0) is 0 Å². The molecule has 0 spiro atoms. The Bertz CT molecular complexity index is 668. The Kier molecular flexibility index (Phi) is 3.75. The summed E-state index contributed by atoms with van der Waals surface area (Å²) in [4.78, 5) is 12.1. The number of carbonyl (C=O) groups excluding carboxylic acids is 1. The fourth-order valence-corrected chi connectivity index (χ4v) is 2.07. The van der Waals surface area contributed by atoms with Gasteiger partial charge in [0.1, 0.15) is 17.5 Å². The van der Waals surface area contributed by atoms with Crippen molar-refractivity contribution in [2.45, 2.75) is 6.92 Å². The van der Waals surface area contributed by atoms with E-state index in [-0.39, 0.29) is 16.7 Å². The summed E-state index contributed by atoms with van der Waals surface area (Å²) in [6.07, 6.45) is 0. The van der Waals surface area contributed by atoms with Gasteiger partial charge in [0.25, 0.3) is 0 Å². The number of hydrogen-bond donors (Lipinski definition) is 0. The van der Waals surface area contributed by atoms with Gasteiger partial charge in [-0.1, -0.05) is 15.9 Å². The van der Waals surface area contributed by atoms with Crippen LogP contribution in [0, 0.1) is 24.4 Å². The second-order valence-corrected chi connectivity index (χ2v) is 4.89. The first-order chi connectivity index (χ1) is 8.90. The predicted octanol–water partition coefficient (Wildman–Crippen LogP) is 4.41. The highest BCUT2D eigenvalue weighted by molar-refractivity contribution is 9.10. The number of aryl methyl sites for hydroxylation is 1. The molecule has 2 rings (SSSR count). The van der Waals surface area contributed by atoms with Crippen LogP contribution < -0.4 is 0 Å². The Morgan fingerprint density at radius 2 is 1.68 bits per heavy atom. The van der Waals surface area contributed by atoms with Crippen LogP contribution in [0.25, 0.3) is 0 Å². The SMILES string of the molecule is Cc1cc(C(=O)c2cc(F)ccc2Br)c(F)cc1F. The van der Waals surface area contributed by atoms with Gasteiger partial charge in [0.2, 0.25) is 0 Å². The molecule has 19 heavy (non-hydrogen) atoms. The first kappa shape index (κ1) is 13.8. The fraction of sp³-hybridized carbons (Fsp3) is 0.0714. The molecule has 0 aliphatic heterocycles. The van der Waals surface area contributed by atoms with Crippen molar-refractivity contribution < 1.29 is 18.0 Å². The van der Waals surface area contributed by atoms with E-state index in [0.29, 0.717) is 10.5 Å². The number of halogens is 4. The molecule has 0 unspecified atom stereocenters. The highest BCUT2D eigenvalue weighted by Gasteiger charge is 2.19. The summed E-state index contributed by atoms with van der Waals surface area (Å²) in [6, 6.07) is 5.30. The Hall–Kier alpha value is -1.62. The van der Waals surface area contributed by atoms with Crippen molar-refractivity contribution in [1.82, 2.24) is 0 Å². The van der Waals surface area contributed by atoms with Crippen molar-refractivity contribution in [1.29, 1.82) is 0 Å². The molecule has 1 nitrogen and oxygen atoms in total. The van der Waals surface area contributed by atoms with Crippen LogP contribution in [0.3, 0.4) is 0 Å². The topological polar surface area (TPSA) is 17.1 Å². The zero-order valence-corrected chi connectivity index (χ0v) is 11.4. The molecule has 5 heteroatoms. The van der Waals surface area contributed by atoms with E-state index >= 15 is 0 Å². The third-order valence-corrected chi connectivity index (χ3v) is 3.36. The average Bonchev–Trinajstić information content (AvgIpc) is 2.36. The van der Waals surface area contributed by atoms with E-state index < -0.39 is 23.2 Å². The van der Waals surface area contributed by atoms with Crippen LogP contribution in [0.15, 0.2) is 34.8 Å². The lowest BCUT2D eigenvalue weighted by Gasteiger charge is -2.07. The van der Waals surface area contributed by atoms with Crippen LogP contribution in [0.2, 0.25) is 0 Å². The molecular formula is C14H8BrF3O. The molecule has 0 saturated carbocycles. The van der Waals surface area contributed by atoms with E-state index in [1.54, 1.807) is 0 Å². The molecule has 0 atom stereocenters. The number of ketones is 1. The molecule has 0 N–H and O–H groups in total. The molecule has 0 fully saturated rings. The molecule has 0 aliphatic carbocycles. The van der Waals surface area contributed by atoms with Crippen LogP contribution in [0.1, 0.15) is 21.5 Å². The Morgan fingerprint density at radius 3 is 2.37 bits per heavy atom. The predicted molar refractivity (Wildman–Crippen MR) is 68.6 cm³/mol. The molecule has 0 amide bonds. The normalized spacial score (nSPS) is 10.6. The van der Waals surface area contributed by atoms with Gasteiger partial charge in [-0.25, -0.2) is 13.2 Å². The summed E-state index contributed by atoms with van der Waals surface area (Å²) in [5, 5.41) is 0. The van der Waals surface area contributed by atoms with Crippen molar-refractivity contribution in [2.75, 3.05) is 0 Å². The summed E-state index contributed by atoms with van der Waals surface area (Å²) >= 11 is 3.10. The van der Waals surface area contributed by atoms with Gasteiger partial charge in [0.05, 0.1) is 5.56 Å². The van der Waals surface area contributed by atoms with Crippen molar-refractivity contribution in [3.8, 4) is 0 Å². The largest absolute Gasteiger partial charge is 0.288 e. The maximum atomic E-state index is 13.6. The van der Waals surface area contributed by atoms with E-state index in [0.717, 1.165) is 12.1 Å². The van der Waals surface area contributed by atoms with E-state index in [9.17, 15) is 18.0 Å². The summed E-state index contributed by atoms with van der Waals surface area (Å²) < 4.78 is 40.3. The first-order valence-corrected chi connectivity index (χ1v) is 6.15. The standard InChI is InChI=1S/C14H8BrF3O/c1-7-4-10(13(18)6-12(7)17)14(19)9-5-8(16)2-3-11(9)15/h2-6H,1H3. The van der Waals surface area contributed by atoms with Gasteiger partial charge in [0, 0.05) is 16.1 Å². The molecule has 2 aromatic carbocycles. The highest BCUT2D eigenvalue weighted by atomic mass is 79.9. The van der Waals surface area contributed by atoms with Gasteiger partial charge in [-0.2, -0.15) is 0 Å². The van der Waals surface area contributed by atoms with Gasteiger partial charge >= 0.3 is 0 Å². The molecule has 0 saturated heterocycles. The lowest BCUT2D eigenvalue weighted by atomic mass is 10.0. The number of benzene rings is 2. The van der Waals surface area contributed by atoms with Crippen LogP contribution in [-0.4, -0.2) is 5.78 Å². The van der Waals surface area contributed by atoms with E-state index in [4.69, 9.17) is 0 Å². The van der Waals surface area contributed by atoms with Crippen molar-refractivity contribution in [2.24, 2.45) is 0 Å². The maximum absolute atomic E-state index is 13.6. The smallest absolute Gasteiger partial charge is 0.197 e. The third-order valence-electron chi connectivity index (χ3n) is 2.67. The Labute approximate surface area is 116 Å². The van der Waals surface area contributed by atoms with Crippen LogP contribution in [0.4, 0.5) is 13.2 Å². The van der Waals surface area contributed by atoms with Gasteiger partial charge in [-0.3, -0.25) is 4.79 Å². The van der Waals surface area contributed by atoms with Crippen molar-refractivity contribution >= 4 is 21.7 Å². The molecule has 98 valence electrons. The maximum Gasteiger partial charge on any atom is 0.197 e. The minimum Gasteiger partial charge on any atom is -0.288 e. The molecular weight excluding hydrogens is 321 g/mol. The third kappa shape index (κ3) is 2.71. The molecule has 0 heterocycles. The van der Waals surface area contributed by atoms with E-state index in [2.05, 4.69) is 15.9 Å². The zero-order valence-electron chi connectivity index (χ0n) is 9.81. The Morgan fingerprint density at radius 1 is 1.00 bits per heavy atom. The quantitative estimate of drug-likeness (QED) is 0.746. The molecule has 0 aromatic heterocycles. The lowest BCUT2D eigenvalue weighted by Crippen LogP contribution is -2.07. The minimum atomic E-state index is -0.968. The highest BCUT2D eigenvalue weighted by Crippen LogP contribution is 2.23. The second kappa shape index (κ2) is 5.17. The number of rotatable bonds is 2. The van der Waals surface area contributed by atoms with Crippen molar-refractivity contribution in [3.05, 3.63) is 68.9 Å². The summed E-state index contributed by atoms with van der Waals surface area (Å²) in [5.74, 6) is -3.01. The number of carbonyl (C=O) groups is 1. The van der Waals surface area contributed by atoms with Gasteiger partial charge in [0.15, 0.2) is 5.78 Å². The van der Waals surface area contributed by atoms with E-state index in [1.165, 1.54) is 19.1 Å². The van der Waals surface area contributed by atoms with Gasteiger partial charge in [-0.15, -0.1) is 0 Å². The Balaban J connectivity index is 2.56. The van der Waals surface area contributed by atoms with E-state index in [1.807, 2.05) is 0 Å². The first-order valence-electron chi connectivity index (χ1n) is 5.35. The second-order valence-electron chi connectivity index (χ2n) is 4.03. The van der Waals surface area contributed by atoms with Crippen LogP contribution >= 0.6 is 15.9 Å². The number of hydrogen-bond acceptors (Lipinski definition) is 1. The molecule has 0 radical (unpaired) electrons.